The Bertz CT molecular complexity index is 1300. The molecule has 0 atom stereocenters. The van der Waals surface area contributed by atoms with Crippen molar-refractivity contribution in [2.24, 2.45) is 0 Å². The van der Waals surface area contributed by atoms with Crippen molar-refractivity contribution < 1.29 is 19.1 Å². The van der Waals surface area contributed by atoms with Gasteiger partial charge in [-0.2, -0.15) is 0 Å². The Hall–Kier alpha value is -4.34. The molecule has 0 unspecified atom stereocenters. The van der Waals surface area contributed by atoms with E-state index in [0.29, 0.717) is 5.75 Å². The second-order valence-electron chi connectivity index (χ2n) is 7.97. The third-order valence-corrected chi connectivity index (χ3v) is 5.07. The van der Waals surface area contributed by atoms with Gasteiger partial charge in [0, 0.05) is 6.54 Å². The lowest BCUT2D eigenvalue weighted by atomic mass is 10.2. The van der Waals surface area contributed by atoms with Gasteiger partial charge in [0.05, 0.1) is 18.2 Å². The normalized spacial score (nSPS) is 10.7. The van der Waals surface area contributed by atoms with E-state index in [9.17, 15) is 19.2 Å². The topological polar surface area (TPSA) is 137 Å². The minimum atomic E-state index is -0.806. The molecule has 10 heteroatoms. The van der Waals surface area contributed by atoms with E-state index in [0.717, 1.165) is 10.5 Å². The van der Waals surface area contributed by atoms with E-state index in [1.165, 1.54) is 16.7 Å². The number of nitrogen functional groups attached to an aromatic ring is 1. The highest BCUT2D eigenvalue weighted by Crippen LogP contribution is 2.18. The van der Waals surface area contributed by atoms with Crippen molar-refractivity contribution in [1.29, 1.82) is 0 Å². The number of ether oxygens (including phenoxy) is 2. The van der Waals surface area contributed by atoms with Crippen LogP contribution >= 0.6 is 0 Å². The number of amides is 1. The standard InChI is InChI=1S/C25H28N4O6/c1-4-28(20(30)15-34-24(32)18-10-12-19(13-11-18)35-16(2)3)21-22(26)29(25(33)27-23(21)31)14-17-8-6-5-7-9-17/h5-13,16H,4,14-15,26H2,1-3H3,(H,27,31,33). The van der Waals surface area contributed by atoms with Crippen LogP contribution in [0, 0.1) is 0 Å². The number of rotatable bonds is 9. The number of benzene rings is 2. The number of nitrogens with zero attached hydrogens (tertiary/aromatic N) is 2. The second kappa shape index (κ2) is 11.2. The summed E-state index contributed by atoms with van der Waals surface area (Å²) in [6.45, 7) is 4.96. The van der Waals surface area contributed by atoms with Crippen LogP contribution in [-0.4, -0.2) is 40.7 Å². The SMILES string of the molecule is CCN(C(=O)COC(=O)c1ccc(OC(C)C)cc1)c1c(N)n(Cc2ccccc2)c(=O)[nH]c1=O. The number of anilines is 2. The van der Waals surface area contributed by atoms with Crippen molar-refractivity contribution in [2.45, 2.75) is 33.4 Å². The number of H-pyrrole nitrogens is 1. The quantitative estimate of drug-likeness (QED) is 0.448. The fraction of sp³-hybridized carbons (Fsp3) is 0.280. The molecule has 2 aromatic carbocycles. The number of nitrogens with two attached hydrogens (primary N) is 1. The number of aromatic nitrogens is 2. The first-order valence-electron chi connectivity index (χ1n) is 11.1. The zero-order valence-corrected chi connectivity index (χ0v) is 19.8. The Labute approximate surface area is 201 Å². The summed E-state index contributed by atoms with van der Waals surface area (Å²) in [6.07, 6.45) is -0.0110. The van der Waals surface area contributed by atoms with Crippen LogP contribution in [0.4, 0.5) is 11.5 Å². The van der Waals surface area contributed by atoms with Crippen LogP contribution < -0.4 is 26.6 Å². The van der Waals surface area contributed by atoms with Crippen molar-refractivity contribution in [3.8, 4) is 5.75 Å². The molecule has 0 aliphatic carbocycles. The highest BCUT2D eigenvalue weighted by molar-refractivity contribution is 5.98. The number of hydrogen-bond acceptors (Lipinski definition) is 7. The zero-order valence-electron chi connectivity index (χ0n) is 19.8. The molecule has 184 valence electrons. The van der Waals surface area contributed by atoms with Gasteiger partial charge in [0.1, 0.15) is 11.6 Å². The van der Waals surface area contributed by atoms with Crippen molar-refractivity contribution >= 4 is 23.4 Å². The molecule has 0 saturated carbocycles. The number of carbonyl (C=O) groups excluding carboxylic acids is 2. The van der Waals surface area contributed by atoms with E-state index in [2.05, 4.69) is 4.98 Å². The van der Waals surface area contributed by atoms with Crippen molar-refractivity contribution in [2.75, 3.05) is 23.8 Å². The maximum Gasteiger partial charge on any atom is 0.338 e. The minimum Gasteiger partial charge on any atom is -0.491 e. The van der Waals surface area contributed by atoms with E-state index in [1.807, 2.05) is 32.0 Å². The minimum absolute atomic E-state index is 0.0110. The molecule has 10 nitrogen and oxygen atoms in total. The number of hydrogen-bond donors (Lipinski definition) is 2. The van der Waals surface area contributed by atoms with Gasteiger partial charge in [0.15, 0.2) is 12.3 Å². The Kier molecular flexibility index (Phi) is 8.08. The molecule has 0 radical (unpaired) electrons. The van der Waals surface area contributed by atoms with E-state index >= 15 is 0 Å². The molecule has 0 spiro atoms. The Morgan fingerprint density at radius 2 is 1.71 bits per heavy atom. The van der Waals surface area contributed by atoms with E-state index in [-0.39, 0.29) is 36.3 Å². The molecule has 3 aromatic rings. The number of aromatic amines is 1. The van der Waals surface area contributed by atoms with Gasteiger partial charge in [-0.05, 0) is 50.6 Å². The average molecular weight is 481 g/mol. The molecule has 1 heterocycles. The fourth-order valence-corrected chi connectivity index (χ4v) is 3.45. The van der Waals surface area contributed by atoms with Crippen LogP contribution in [-0.2, 0) is 16.1 Å². The molecule has 0 bridgehead atoms. The van der Waals surface area contributed by atoms with Gasteiger partial charge in [-0.1, -0.05) is 30.3 Å². The Morgan fingerprint density at radius 3 is 2.31 bits per heavy atom. The van der Waals surface area contributed by atoms with Crippen molar-refractivity contribution in [1.82, 2.24) is 9.55 Å². The van der Waals surface area contributed by atoms with Crippen molar-refractivity contribution in [3.05, 3.63) is 86.6 Å². The van der Waals surface area contributed by atoms with E-state index in [1.54, 1.807) is 31.2 Å². The molecule has 1 amide bonds. The van der Waals surface area contributed by atoms with Gasteiger partial charge in [-0.3, -0.25) is 19.1 Å². The van der Waals surface area contributed by atoms with Crippen molar-refractivity contribution in [3.63, 3.8) is 0 Å². The van der Waals surface area contributed by atoms with Crippen LogP contribution in [0.1, 0.15) is 36.7 Å². The predicted octanol–water partition coefficient (Wildman–Crippen LogP) is 2.16. The van der Waals surface area contributed by atoms with Gasteiger partial charge in [0.2, 0.25) is 0 Å². The molecular weight excluding hydrogens is 452 g/mol. The molecule has 0 fully saturated rings. The van der Waals surface area contributed by atoms with E-state index in [4.69, 9.17) is 15.2 Å². The molecule has 3 rings (SSSR count). The summed E-state index contributed by atoms with van der Waals surface area (Å²) in [5, 5.41) is 0. The fourth-order valence-electron chi connectivity index (χ4n) is 3.45. The second-order valence-corrected chi connectivity index (χ2v) is 7.97. The molecular formula is C25H28N4O6. The van der Waals surface area contributed by atoms with Crippen LogP contribution in [0.15, 0.2) is 64.2 Å². The summed E-state index contributed by atoms with van der Waals surface area (Å²) in [7, 11) is 0. The summed E-state index contributed by atoms with van der Waals surface area (Å²) in [5.74, 6) is -0.931. The maximum atomic E-state index is 12.9. The molecule has 0 saturated heterocycles. The third kappa shape index (κ3) is 6.17. The van der Waals surface area contributed by atoms with Gasteiger partial charge in [-0.25, -0.2) is 9.59 Å². The number of carbonyl (C=O) groups is 2. The summed E-state index contributed by atoms with van der Waals surface area (Å²) in [6, 6.07) is 15.4. The van der Waals surface area contributed by atoms with Gasteiger partial charge in [0.25, 0.3) is 11.5 Å². The summed E-state index contributed by atoms with van der Waals surface area (Å²) >= 11 is 0. The predicted molar refractivity (Wildman–Crippen MR) is 132 cm³/mol. The highest BCUT2D eigenvalue weighted by atomic mass is 16.5. The van der Waals surface area contributed by atoms with Crippen LogP contribution in [0.2, 0.25) is 0 Å². The molecule has 1 aromatic heterocycles. The molecule has 3 N–H and O–H groups in total. The number of nitrogens with one attached hydrogen (secondary N) is 1. The molecule has 0 aliphatic rings. The van der Waals surface area contributed by atoms with Gasteiger partial charge < -0.3 is 20.1 Å². The summed E-state index contributed by atoms with van der Waals surface area (Å²) < 4.78 is 11.9. The first kappa shape index (κ1) is 25.3. The summed E-state index contributed by atoms with van der Waals surface area (Å²) in [4.78, 5) is 53.5. The third-order valence-electron chi connectivity index (χ3n) is 5.07. The van der Waals surface area contributed by atoms with Gasteiger partial charge in [-0.15, -0.1) is 0 Å². The first-order chi connectivity index (χ1) is 16.7. The zero-order chi connectivity index (χ0) is 25.5. The highest BCUT2D eigenvalue weighted by Gasteiger charge is 2.24. The number of esters is 1. The lowest BCUT2D eigenvalue weighted by Gasteiger charge is -2.23. The van der Waals surface area contributed by atoms with E-state index < -0.39 is 29.7 Å². The van der Waals surface area contributed by atoms with Crippen LogP contribution in [0.5, 0.6) is 5.75 Å². The smallest absolute Gasteiger partial charge is 0.338 e. The largest absolute Gasteiger partial charge is 0.491 e. The first-order valence-corrected chi connectivity index (χ1v) is 11.1. The monoisotopic (exact) mass is 480 g/mol. The average Bonchev–Trinajstić information content (AvgIpc) is 2.83. The number of likely N-dealkylation sites (N-methyl/N-ethyl adjacent to an activating group) is 1. The van der Waals surface area contributed by atoms with Gasteiger partial charge >= 0.3 is 11.7 Å². The summed E-state index contributed by atoms with van der Waals surface area (Å²) in [5.41, 5.74) is 5.52. The molecule has 0 aliphatic heterocycles. The van der Waals surface area contributed by atoms with Crippen LogP contribution in [0.25, 0.3) is 0 Å². The Balaban J connectivity index is 1.77. The lowest BCUT2D eigenvalue weighted by Crippen LogP contribution is -2.42. The molecule has 35 heavy (non-hydrogen) atoms. The Morgan fingerprint density at radius 1 is 1.06 bits per heavy atom. The maximum absolute atomic E-state index is 12.9. The lowest BCUT2D eigenvalue weighted by molar-refractivity contribution is -0.121. The van der Waals surface area contributed by atoms with Crippen LogP contribution in [0.3, 0.4) is 0 Å².